The first kappa shape index (κ1) is 17.7. The van der Waals surface area contributed by atoms with Crippen LogP contribution in [0.4, 0.5) is 0 Å². The zero-order valence-corrected chi connectivity index (χ0v) is 13.6. The topological polar surface area (TPSA) is 89.1 Å². The Kier molecular flexibility index (Phi) is 5.92. The molecule has 1 fully saturated rings. The van der Waals surface area contributed by atoms with Crippen molar-refractivity contribution in [2.75, 3.05) is 40.0 Å². The molecule has 1 aromatic carbocycles. The summed E-state index contributed by atoms with van der Waals surface area (Å²) < 4.78 is 16.3. The van der Waals surface area contributed by atoms with E-state index in [1.807, 2.05) is 0 Å². The lowest BCUT2D eigenvalue weighted by atomic mass is 10.1. The molecule has 0 spiro atoms. The highest BCUT2D eigenvalue weighted by Crippen LogP contribution is 2.40. The number of methoxy groups -OCH3 is 1. The number of amides is 1. The van der Waals surface area contributed by atoms with Gasteiger partial charge in [0, 0.05) is 31.1 Å². The van der Waals surface area contributed by atoms with Gasteiger partial charge in [-0.05, 0) is 12.1 Å². The highest BCUT2D eigenvalue weighted by molar-refractivity contribution is 5.95. The summed E-state index contributed by atoms with van der Waals surface area (Å²) in [6.45, 7) is 2.59. The SMILES string of the molecule is COc1cc(C(=O)NCC2CNCC2O)cc2c1OCCO2.Cl. The Bertz CT molecular complexity index is 552. The largest absolute Gasteiger partial charge is 0.493 e. The Balaban J connectivity index is 0.00000192. The van der Waals surface area contributed by atoms with Crippen LogP contribution >= 0.6 is 12.4 Å². The van der Waals surface area contributed by atoms with E-state index in [9.17, 15) is 9.90 Å². The lowest BCUT2D eigenvalue weighted by Gasteiger charge is -2.21. The van der Waals surface area contributed by atoms with E-state index in [4.69, 9.17) is 14.2 Å². The van der Waals surface area contributed by atoms with E-state index in [1.54, 1.807) is 12.1 Å². The number of hydrogen-bond acceptors (Lipinski definition) is 6. The second-order valence-electron chi connectivity index (χ2n) is 5.40. The van der Waals surface area contributed by atoms with Gasteiger partial charge in [-0.2, -0.15) is 0 Å². The van der Waals surface area contributed by atoms with Crippen molar-refractivity contribution in [2.45, 2.75) is 6.10 Å². The van der Waals surface area contributed by atoms with Gasteiger partial charge in [-0.15, -0.1) is 12.4 Å². The van der Waals surface area contributed by atoms with Crippen LogP contribution in [0.3, 0.4) is 0 Å². The summed E-state index contributed by atoms with van der Waals surface area (Å²) in [5.41, 5.74) is 0.446. The van der Waals surface area contributed by atoms with E-state index in [2.05, 4.69) is 10.6 Å². The van der Waals surface area contributed by atoms with Crippen LogP contribution in [-0.2, 0) is 0 Å². The van der Waals surface area contributed by atoms with Crippen molar-refractivity contribution in [3.63, 3.8) is 0 Å². The number of nitrogens with one attached hydrogen (secondary N) is 2. The third kappa shape index (κ3) is 3.80. The molecule has 0 radical (unpaired) electrons. The molecule has 2 aliphatic rings. The number of fused-ring (bicyclic) bond motifs is 1. The Morgan fingerprint density at radius 1 is 1.39 bits per heavy atom. The zero-order valence-electron chi connectivity index (χ0n) is 12.8. The normalized spacial score (nSPS) is 22.2. The molecular weight excluding hydrogens is 324 g/mol. The van der Waals surface area contributed by atoms with Gasteiger partial charge in [-0.25, -0.2) is 0 Å². The van der Waals surface area contributed by atoms with Gasteiger partial charge in [-0.1, -0.05) is 0 Å². The molecule has 2 atom stereocenters. The Hall–Kier alpha value is -1.70. The van der Waals surface area contributed by atoms with Crippen LogP contribution in [0.25, 0.3) is 0 Å². The Morgan fingerprint density at radius 2 is 2.17 bits per heavy atom. The fraction of sp³-hybridized carbons (Fsp3) is 0.533. The molecule has 2 heterocycles. The second-order valence-corrected chi connectivity index (χ2v) is 5.40. The highest BCUT2D eigenvalue weighted by atomic mass is 35.5. The average molecular weight is 345 g/mol. The van der Waals surface area contributed by atoms with Crippen LogP contribution in [0.5, 0.6) is 17.2 Å². The fourth-order valence-electron chi connectivity index (χ4n) is 2.66. The maximum atomic E-state index is 12.3. The summed E-state index contributed by atoms with van der Waals surface area (Å²) in [5, 5.41) is 15.7. The van der Waals surface area contributed by atoms with E-state index in [1.165, 1.54) is 7.11 Å². The van der Waals surface area contributed by atoms with Gasteiger partial charge in [-0.3, -0.25) is 4.79 Å². The molecule has 1 saturated heterocycles. The standard InChI is InChI=1S/C15H20N2O5.ClH/c1-20-12-4-9(5-13-14(12)22-3-2-21-13)15(19)17-7-10-6-16-8-11(10)18;/h4-5,10-11,16,18H,2-3,6-8H2,1H3,(H,17,19);1H. The van der Waals surface area contributed by atoms with Crippen LogP contribution in [0.2, 0.25) is 0 Å². The first-order chi connectivity index (χ1) is 10.7. The van der Waals surface area contributed by atoms with Gasteiger partial charge in [0.05, 0.1) is 13.2 Å². The summed E-state index contributed by atoms with van der Waals surface area (Å²) in [6.07, 6.45) is -0.421. The van der Waals surface area contributed by atoms with E-state index < -0.39 is 6.10 Å². The van der Waals surface area contributed by atoms with Crippen molar-refractivity contribution in [3.8, 4) is 17.2 Å². The van der Waals surface area contributed by atoms with Crippen LogP contribution in [0, 0.1) is 5.92 Å². The smallest absolute Gasteiger partial charge is 0.251 e. The number of hydrogen-bond donors (Lipinski definition) is 3. The van der Waals surface area contributed by atoms with E-state index >= 15 is 0 Å². The van der Waals surface area contributed by atoms with E-state index in [-0.39, 0.29) is 24.2 Å². The third-order valence-electron chi connectivity index (χ3n) is 3.92. The van der Waals surface area contributed by atoms with Gasteiger partial charge in [0.15, 0.2) is 11.5 Å². The first-order valence-corrected chi connectivity index (χ1v) is 7.33. The van der Waals surface area contributed by atoms with Crippen LogP contribution in [0.15, 0.2) is 12.1 Å². The number of halogens is 1. The minimum absolute atomic E-state index is 0. The van der Waals surface area contributed by atoms with Crippen LogP contribution in [0.1, 0.15) is 10.4 Å². The zero-order chi connectivity index (χ0) is 15.5. The second kappa shape index (κ2) is 7.72. The number of ether oxygens (including phenoxy) is 3. The van der Waals surface area contributed by atoms with Crippen molar-refractivity contribution in [1.29, 1.82) is 0 Å². The number of rotatable bonds is 4. The molecule has 1 aromatic rings. The van der Waals surface area contributed by atoms with Crippen molar-refractivity contribution in [1.82, 2.24) is 10.6 Å². The number of β-amino-alcohol motifs (C(OH)–C–C–N with tert-alkyl or cyclic N) is 1. The molecule has 2 unspecified atom stereocenters. The van der Waals surface area contributed by atoms with Gasteiger partial charge < -0.3 is 30.0 Å². The molecule has 0 bridgehead atoms. The molecule has 7 nitrogen and oxygen atoms in total. The number of aliphatic hydroxyl groups is 1. The lowest BCUT2D eigenvalue weighted by Crippen LogP contribution is -2.34. The number of carbonyl (C=O) groups excluding carboxylic acids is 1. The number of benzene rings is 1. The van der Waals surface area contributed by atoms with Crippen molar-refractivity contribution >= 4 is 18.3 Å². The van der Waals surface area contributed by atoms with Gasteiger partial charge in [0.2, 0.25) is 5.75 Å². The molecule has 0 aliphatic carbocycles. The molecule has 0 saturated carbocycles. The van der Waals surface area contributed by atoms with Gasteiger partial charge >= 0.3 is 0 Å². The van der Waals surface area contributed by atoms with Crippen molar-refractivity contribution in [3.05, 3.63) is 17.7 Å². The van der Waals surface area contributed by atoms with Crippen LogP contribution < -0.4 is 24.8 Å². The molecule has 3 N–H and O–H groups in total. The third-order valence-corrected chi connectivity index (χ3v) is 3.92. The van der Waals surface area contributed by atoms with Gasteiger partial charge in [0.1, 0.15) is 13.2 Å². The Morgan fingerprint density at radius 3 is 2.87 bits per heavy atom. The number of aliphatic hydroxyl groups excluding tert-OH is 1. The monoisotopic (exact) mass is 344 g/mol. The summed E-state index contributed by atoms with van der Waals surface area (Å²) in [5.74, 6) is 1.32. The molecule has 2 aliphatic heterocycles. The molecule has 3 rings (SSSR count). The first-order valence-electron chi connectivity index (χ1n) is 7.33. The maximum absolute atomic E-state index is 12.3. The highest BCUT2D eigenvalue weighted by Gasteiger charge is 2.26. The molecule has 23 heavy (non-hydrogen) atoms. The lowest BCUT2D eigenvalue weighted by molar-refractivity contribution is 0.0925. The molecule has 8 heteroatoms. The molecule has 0 aromatic heterocycles. The van der Waals surface area contributed by atoms with Crippen molar-refractivity contribution in [2.24, 2.45) is 5.92 Å². The molecule has 128 valence electrons. The van der Waals surface area contributed by atoms with Gasteiger partial charge in [0.25, 0.3) is 5.91 Å². The van der Waals surface area contributed by atoms with Crippen molar-refractivity contribution < 1.29 is 24.1 Å². The predicted molar refractivity (Wildman–Crippen MR) is 85.9 cm³/mol. The van der Waals surface area contributed by atoms with Crippen LogP contribution in [-0.4, -0.2) is 57.1 Å². The molecule has 1 amide bonds. The number of carbonyl (C=O) groups is 1. The Labute approximate surface area is 140 Å². The summed E-state index contributed by atoms with van der Waals surface area (Å²) in [7, 11) is 1.52. The molecular formula is C15H21ClN2O5. The van der Waals surface area contributed by atoms with E-state index in [0.717, 1.165) is 0 Å². The fourth-order valence-corrected chi connectivity index (χ4v) is 2.66. The predicted octanol–water partition coefficient (Wildman–Crippen LogP) is 0.198. The quantitative estimate of drug-likeness (QED) is 0.723. The minimum atomic E-state index is -0.421. The van der Waals surface area contributed by atoms with E-state index in [0.29, 0.717) is 55.7 Å². The summed E-state index contributed by atoms with van der Waals surface area (Å²) in [4.78, 5) is 12.3. The summed E-state index contributed by atoms with van der Waals surface area (Å²) in [6, 6.07) is 3.28. The minimum Gasteiger partial charge on any atom is -0.493 e. The summed E-state index contributed by atoms with van der Waals surface area (Å²) >= 11 is 0. The maximum Gasteiger partial charge on any atom is 0.251 e. The average Bonchev–Trinajstić information content (AvgIpc) is 2.96.